The summed E-state index contributed by atoms with van der Waals surface area (Å²) in [5.74, 6) is 0.0510. The van der Waals surface area contributed by atoms with Gasteiger partial charge in [-0.3, -0.25) is 4.79 Å². The SMILES string of the molecule is CC1CCCCC1(CN)Nc1ccc(Br)cc1C(N)=O. The molecule has 1 aromatic rings. The number of anilines is 1. The number of rotatable bonds is 4. The number of hydrogen-bond acceptors (Lipinski definition) is 3. The van der Waals surface area contributed by atoms with Crippen LogP contribution in [0.1, 0.15) is 43.0 Å². The van der Waals surface area contributed by atoms with E-state index in [0.29, 0.717) is 18.0 Å². The van der Waals surface area contributed by atoms with Crippen molar-refractivity contribution in [2.45, 2.75) is 38.1 Å². The fraction of sp³-hybridized carbons (Fsp3) is 0.533. The van der Waals surface area contributed by atoms with Gasteiger partial charge in [0.1, 0.15) is 0 Å². The molecule has 20 heavy (non-hydrogen) atoms. The number of amides is 1. The van der Waals surface area contributed by atoms with Crippen molar-refractivity contribution in [3.63, 3.8) is 0 Å². The lowest BCUT2D eigenvalue weighted by molar-refractivity contribution is 0.100. The van der Waals surface area contributed by atoms with Crippen LogP contribution in [-0.4, -0.2) is 18.0 Å². The summed E-state index contributed by atoms with van der Waals surface area (Å²) in [7, 11) is 0. The molecule has 0 spiro atoms. The highest BCUT2D eigenvalue weighted by Crippen LogP contribution is 2.36. The first-order chi connectivity index (χ1) is 9.48. The first kappa shape index (κ1) is 15.3. The molecule has 0 aromatic heterocycles. The predicted octanol–water partition coefficient (Wildman–Crippen LogP) is 2.87. The largest absolute Gasteiger partial charge is 0.377 e. The number of nitrogens with one attached hydrogen (secondary N) is 1. The van der Waals surface area contributed by atoms with E-state index in [0.717, 1.165) is 29.4 Å². The maximum Gasteiger partial charge on any atom is 0.250 e. The molecule has 0 bridgehead atoms. The van der Waals surface area contributed by atoms with E-state index in [1.807, 2.05) is 12.1 Å². The standard InChI is InChI=1S/C15H22BrN3O/c1-10-4-2-3-7-15(10,9-17)19-13-6-5-11(16)8-12(13)14(18)20/h5-6,8,10,19H,2-4,7,9,17H2,1H3,(H2,18,20). The van der Waals surface area contributed by atoms with Gasteiger partial charge in [-0.1, -0.05) is 35.7 Å². The monoisotopic (exact) mass is 339 g/mol. The lowest BCUT2D eigenvalue weighted by Gasteiger charge is -2.43. The number of carbonyl (C=O) groups excluding carboxylic acids is 1. The van der Waals surface area contributed by atoms with Crippen LogP contribution in [0.15, 0.2) is 22.7 Å². The van der Waals surface area contributed by atoms with E-state index < -0.39 is 5.91 Å². The van der Waals surface area contributed by atoms with Crippen molar-refractivity contribution in [3.8, 4) is 0 Å². The van der Waals surface area contributed by atoms with Gasteiger partial charge in [0.05, 0.1) is 11.1 Å². The minimum atomic E-state index is -0.426. The number of halogens is 1. The van der Waals surface area contributed by atoms with Crippen molar-refractivity contribution < 1.29 is 4.79 Å². The summed E-state index contributed by atoms with van der Waals surface area (Å²) in [6, 6.07) is 5.55. The van der Waals surface area contributed by atoms with Gasteiger partial charge < -0.3 is 16.8 Å². The first-order valence-corrected chi connectivity index (χ1v) is 7.85. The average molecular weight is 340 g/mol. The molecule has 110 valence electrons. The van der Waals surface area contributed by atoms with Gasteiger partial charge in [0.25, 0.3) is 5.91 Å². The Hall–Kier alpha value is -1.07. The molecule has 5 N–H and O–H groups in total. The fourth-order valence-corrected chi connectivity index (χ4v) is 3.41. The van der Waals surface area contributed by atoms with E-state index >= 15 is 0 Å². The topological polar surface area (TPSA) is 81.1 Å². The second kappa shape index (κ2) is 6.14. The second-order valence-corrected chi connectivity index (χ2v) is 6.60. The average Bonchev–Trinajstić information content (AvgIpc) is 2.43. The number of hydrogen-bond donors (Lipinski definition) is 3. The molecule has 2 atom stereocenters. The maximum absolute atomic E-state index is 11.6. The van der Waals surface area contributed by atoms with Gasteiger partial charge in [0, 0.05) is 16.7 Å². The Kier molecular flexibility index (Phi) is 4.70. The minimum absolute atomic E-state index is 0.143. The number of carbonyl (C=O) groups is 1. The third-order valence-electron chi connectivity index (χ3n) is 4.45. The van der Waals surface area contributed by atoms with Crippen LogP contribution in [-0.2, 0) is 0 Å². The molecule has 1 aliphatic rings. The highest BCUT2D eigenvalue weighted by Gasteiger charge is 2.37. The lowest BCUT2D eigenvalue weighted by Crippen LogP contribution is -2.52. The highest BCUT2D eigenvalue weighted by molar-refractivity contribution is 9.10. The van der Waals surface area contributed by atoms with E-state index in [9.17, 15) is 4.79 Å². The lowest BCUT2D eigenvalue weighted by atomic mass is 9.73. The van der Waals surface area contributed by atoms with Crippen LogP contribution in [0, 0.1) is 5.92 Å². The van der Waals surface area contributed by atoms with Crippen LogP contribution in [0.2, 0.25) is 0 Å². The zero-order chi connectivity index (χ0) is 14.8. The molecular formula is C15H22BrN3O. The third kappa shape index (κ3) is 2.99. The Balaban J connectivity index is 2.34. The molecule has 1 aliphatic carbocycles. The molecule has 0 aliphatic heterocycles. The molecule has 0 saturated heterocycles. The molecule has 2 unspecified atom stereocenters. The first-order valence-electron chi connectivity index (χ1n) is 7.06. The Bertz CT molecular complexity index is 506. The summed E-state index contributed by atoms with van der Waals surface area (Å²) in [6.45, 7) is 2.78. The summed E-state index contributed by atoms with van der Waals surface area (Å²) in [5.41, 5.74) is 12.7. The van der Waals surface area contributed by atoms with Crippen molar-refractivity contribution in [1.29, 1.82) is 0 Å². The van der Waals surface area contributed by atoms with Gasteiger partial charge in [0.2, 0.25) is 0 Å². The predicted molar refractivity (Wildman–Crippen MR) is 85.7 cm³/mol. The summed E-state index contributed by atoms with van der Waals surface area (Å²) < 4.78 is 0.843. The van der Waals surface area contributed by atoms with Gasteiger partial charge in [-0.05, 0) is 37.0 Å². The second-order valence-electron chi connectivity index (χ2n) is 5.69. The van der Waals surface area contributed by atoms with Gasteiger partial charge in [-0.25, -0.2) is 0 Å². The Labute approximate surface area is 128 Å². The molecule has 1 fully saturated rings. The molecule has 0 heterocycles. The van der Waals surface area contributed by atoms with Gasteiger partial charge in [0.15, 0.2) is 0 Å². The molecule has 1 amide bonds. The van der Waals surface area contributed by atoms with Crippen molar-refractivity contribution in [2.75, 3.05) is 11.9 Å². The Morgan fingerprint density at radius 1 is 1.50 bits per heavy atom. The quantitative estimate of drug-likeness (QED) is 0.788. The minimum Gasteiger partial charge on any atom is -0.377 e. The molecular weight excluding hydrogens is 318 g/mol. The van der Waals surface area contributed by atoms with Crippen LogP contribution in [0.4, 0.5) is 5.69 Å². The summed E-state index contributed by atoms with van der Waals surface area (Å²) in [5, 5.41) is 3.52. The van der Waals surface area contributed by atoms with Crippen molar-refractivity contribution in [1.82, 2.24) is 0 Å². The van der Waals surface area contributed by atoms with Crippen LogP contribution in [0.25, 0.3) is 0 Å². The summed E-state index contributed by atoms with van der Waals surface area (Å²) in [4.78, 5) is 11.6. The van der Waals surface area contributed by atoms with E-state index in [2.05, 4.69) is 28.2 Å². The third-order valence-corrected chi connectivity index (χ3v) is 4.94. The molecule has 1 aromatic carbocycles. The number of primary amides is 1. The van der Waals surface area contributed by atoms with Crippen molar-refractivity contribution in [2.24, 2.45) is 17.4 Å². The normalized spacial score (nSPS) is 26.2. The van der Waals surface area contributed by atoms with Gasteiger partial charge in [-0.15, -0.1) is 0 Å². The Morgan fingerprint density at radius 2 is 2.25 bits per heavy atom. The number of benzene rings is 1. The zero-order valence-electron chi connectivity index (χ0n) is 11.8. The summed E-state index contributed by atoms with van der Waals surface area (Å²) >= 11 is 3.37. The fourth-order valence-electron chi connectivity index (χ4n) is 3.05. The Morgan fingerprint density at radius 3 is 2.85 bits per heavy atom. The maximum atomic E-state index is 11.6. The van der Waals surface area contributed by atoms with Crippen molar-refractivity contribution >= 4 is 27.5 Å². The molecule has 4 nitrogen and oxygen atoms in total. The number of nitrogens with two attached hydrogens (primary N) is 2. The van der Waals surface area contributed by atoms with Crippen LogP contribution in [0.5, 0.6) is 0 Å². The van der Waals surface area contributed by atoms with Gasteiger partial charge >= 0.3 is 0 Å². The van der Waals surface area contributed by atoms with E-state index in [4.69, 9.17) is 11.5 Å². The molecule has 2 rings (SSSR count). The zero-order valence-corrected chi connectivity index (χ0v) is 13.4. The summed E-state index contributed by atoms with van der Waals surface area (Å²) in [6.07, 6.45) is 4.59. The van der Waals surface area contributed by atoms with E-state index in [1.54, 1.807) is 6.07 Å². The van der Waals surface area contributed by atoms with Crippen LogP contribution >= 0.6 is 15.9 Å². The van der Waals surface area contributed by atoms with Crippen LogP contribution < -0.4 is 16.8 Å². The molecule has 5 heteroatoms. The molecule has 1 saturated carbocycles. The van der Waals surface area contributed by atoms with E-state index in [1.165, 1.54) is 6.42 Å². The van der Waals surface area contributed by atoms with Crippen LogP contribution in [0.3, 0.4) is 0 Å². The van der Waals surface area contributed by atoms with Gasteiger partial charge in [-0.2, -0.15) is 0 Å². The highest BCUT2D eigenvalue weighted by atomic mass is 79.9. The molecule has 0 radical (unpaired) electrons. The van der Waals surface area contributed by atoms with E-state index in [-0.39, 0.29) is 5.54 Å². The van der Waals surface area contributed by atoms with Crippen molar-refractivity contribution in [3.05, 3.63) is 28.2 Å². The smallest absolute Gasteiger partial charge is 0.250 e.